The summed E-state index contributed by atoms with van der Waals surface area (Å²) in [5, 5.41) is 13.6. The van der Waals surface area contributed by atoms with Crippen molar-refractivity contribution in [2.45, 2.75) is 6.92 Å². The van der Waals surface area contributed by atoms with Crippen molar-refractivity contribution >= 4 is 0 Å². The highest BCUT2D eigenvalue weighted by Crippen LogP contribution is 2.33. The summed E-state index contributed by atoms with van der Waals surface area (Å²) in [4.78, 5) is 0. The van der Waals surface area contributed by atoms with Crippen LogP contribution in [0.4, 0.5) is 0 Å². The molecule has 0 N–H and O–H groups in total. The van der Waals surface area contributed by atoms with Crippen LogP contribution in [0.25, 0.3) is 16.9 Å². The highest BCUT2D eigenvalue weighted by molar-refractivity contribution is 5.67. The number of methoxy groups -OCH3 is 2. The quantitative estimate of drug-likeness (QED) is 0.735. The van der Waals surface area contributed by atoms with Crippen LogP contribution in [0, 0.1) is 18.3 Å². The average molecular weight is 319 g/mol. The Balaban J connectivity index is 2.18. The van der Waals surface area contributed by atoms with E-state index in [9.17, 15) is 5.26 Å². The standard InChI is InChI=1S/C19H17N3O2/c1-13-5-4-6-16(9-13)22-17(11-15(12-20)21-22)14-7-8-18(23-2)19(10-14)24-3/h4-11H,1-3H3. The molecular formula is C19H17N3O2. The molecule has 0 aliphatic heterocycles. The van der Waals surface area contributed by atoms with E-state index >= 15 is 0 Å². The molecule has 0 spiro atoms. The number of nitrogens with zero attached hydrogens (tertiary/aromatic N) is 3. The van der Waals surface area contributed by atoms with Gasteiger partial charge in [0.05, 0.1) is 25.6 Å². The Morgan fingerprint density at radius 1 is 1.00 bits per heavy atom. The van der Waals surface area contributed by atoms with Gasteiger partial charge in [-0.25, -0.2) is 4.68 Å². The smallest absolute Gasteiger partial charge is 0.163 e. The van der Waals surface area contributed by atoms with E-state index in [1.807, 2.05) is 49.4 Å². The van der Waals surface area contributed by atoms with Gasteiger partial charge in [0.25, 0.3) is 0 Å². The number of rotatable bonds is 4. The molecule has 0 atom stereocenters. The zero-order valence-electron chi connectivity index (χ0n) is 13.8. The van der Waals surface area contributed by atoms with Crippen LogP contribution in [0.3, 0.4) is 0 Å². The number of hydrogen-bond donors (Lipinski definition) is 0. The number of benzene rings is 2. The second-order valence-electron chi connectivity index (χ2n) is 5.35. The normalized spacial score (nSPS) is 10.2. The molecule has 3 aromatic rings. The van der Waals surface area contributed by atoms with E-state index < -0.39 is 0 Å². The van der Waals surface area contributed by atoms with E-state index in [1.54, 1.807) is 25.0 Å². The third kappa shape index (κ3) is 2.82. The molecule has 0 radical (unpaired) electrons. The minimum absolute atomic E-state index is 0.362. The summed E-state index contributed by atoms with van der Waals surface area (Å²) in [5.74, 6) is 1.29. The van der Waals surface area contributed by atoms with Crippen molar-refractivity contribution in [3.8, 4) is 34.5 Å². The molecule has 2 aromatic carbocycles. The molecule has 120 valence electrons. The molecule has 1 heterocycles. The first-order chi connectivity index (χ1) is 11.7. The van der Waals surface area contributed by atoms with Crippen molar-refractivity contribution in [3.05, 3.63) is 59.8 Å². The molecule has 5 nitrogen and oxygen atoms in total. The van der Waals surface area contributed by atoms with Crippen LogP contribution in [0.15, 0.2) is 48.5 Å². The van der Waals surface area contributed by atoms with E-state index in [-0.39, 0.29) is 0 Å². The Labute approximate surface area is 140 Å². The predicted octanol–water partition coefficient (Wildman–Crippen LogP) is 3.74. The van der Waals surface area contributed by atoms with Crippen LogP contribution in [-0.2, 0) is 0 Å². The van der Waals surface area contributed by atoms with Crippen LogP contribution in [0.1, 0.15) is 11.3 Å². The largest absolute Gasteiger partial charge is 0.493 e. The van der Waals surface area contributed by atoms with Gasteiger partial charge in [0.2, 0.25) is 0 Å². The fourth-order valence-corrected chi connectivity index (χ4v) is 2.59. The summed E-state index contributed by atoms with van der Waals surface area (Å²) in [5.41, 5.74) is 4.10. The first-order valence-electron chi connectivity index (χ1n) is 7.46. The van der Waals surface area contributed by atoms with E-state index in [1.165, 1.54) is 0 Å². The maximum absolute atomic E-state index is 9.24. The SMILES string of the molecule is COc1ccc(-c2cc(C#N)nn2-c2cccc(C)c2)cc1OC. The maximum Gasteiger partial charge on any atom is 0.163 e. The summed E-state index contributed by atoms with van der Waals surface area (Å²) < 4.78 is 12.4. The highest BCUT2D eigenvalue weighted by Gasteiger charge is 2.14. The monoisotopic (exact) mass is 319 g/mol. The van der Waals surface area contributed by atoms with Gasteiger partial charge in [-0.1, -0.05) is 12.1 Å². The third-order valence-corrected chi connectivity index (χ3v) is 3.75. The lowest BCUT2D eigenvalue weighted by Gasteiger charge is -2.11. The van der Waals surface area contributed by atoms with Gasteiger partial charge in [0.15, 0.2) is 17.2 Å². The molecule has 0 fully saturated rings. The maximum atomic E-state index is 9.24. The summed E-state index contributed by atoms with van der Waals surface area (Å²) >= 11 is 0. The van der Waals surface area contributed by atoms with Crippen molar-refractivity contribution in [1.29, 1.82) is 5.26 Å². The van der Waals surface area contributed by atoms with Crippen molar-refractivity contribution in [2.24, 2.45) is 0 Å². The Morgan fingerprint density at radius 3 is 2.46 bits per heavy atom. The van der Waals surface area contributed by atoms with Crippen LogP contribution >= 0.6 is 0 Å². The first-order valence-corrected chi connectivity index (χ1v) is 7.46. The van der Waals surface area contributed by atoms with E-state index in [2.05, 4.69) is 11.2 Å². The van der Waals surface area contributed by atoms with Gasteiger partial charge in [0, 0.05) is 11.6 Å². The topological polar surface area (TPSA) is 60.1 Å². The summed E-state index contributed by atoms with van der Waals surface area (Å²) in [6, 6.07) is 17.5. The van der Waals surface area contributed by atoms with Gasteiger partial charge in [0.1, 0.15) is 6.07 Å². The molecule has 0 aliphatic rings. The molecule has 0 saturated heterocycles. The van der Waals surface area contributed by atoms with Gasteiger partial charge in [-0.2, -0.15) is 10.4 Å². The lowest BCUT2D eigenvalue weighted by atomic mass is 10.1. The van der Waals surface area contributed by atoms with E-state index in [0.29, 0.717) is 17.2 Å². The number of aromatic nitrogens is 2. The Morgan fingerprint density at radius 2 is 1.79 bits per heavy atom. The second-order valence-corrected chi connectivity index (χ2v) is 5.35. The molecule has 0 amide bonds. The van der Waals surface area contributed by atoms with Crippen molar-refractivity contribution in [2.75, 3.05) is 14.2 Å². The lowest BCUT2D eigenvalue weighted by molar-refractivity contribution is 0.355. The van der Waals surface area contributed by atoms with Gasteiger partial charge < -0.3 is 9.47 Å². The van der Waals surface area contributed by atoms with Crippen molar-refractivity contribution < 1.29 is 9.47 Å². The van der Waals surface area contributed by atoms with Crippen LogP contribution < -0.4 is 9.47 Å². The number of hydrogen-bond acceptors (Lipinski definition) is 4. The zero-order chi connectivity index (χ0) is 17.1. The van der Waals surface area contributed by atoms with Crippen LogP contribution in [0.2, 0.25) is 0 Å². The average Bonchev–Trinajstić information content (AvgIpc) is 3.05. The summed E-state index contributed by atoms with van der Waals surface area (Å²) in [6.07, 6.45) is 0. The summed E-state index contributed by atoms with van der Waals surface area (Å²) in [7, 11) is 3.20. The van der Waals surface area contributed by atoms with Gasteiger partial charge in [-0.15, -0.1) is 0 Å². The van der Waals surface area contributed by atoms with Crippen molar-refractivity contribution in [1.82, 2.24) is 9.78 Å². The number of ether oxygens (including phenoxy) is 2. The first kappa shape index (κ1) is 15.6. The van der Waals surface area contributed by atoms with Crippen LogP contribution in [0.5, 0.6) is 11.5 Å². The molecule has 3 rings (SSSR count). The fraction of sp³-hybridized carbons (Fsp3) is 0.158. The van der Waals surface area contributed by atoms with E-state index in [0.717, 1.165) is 22.5 Å². The molecule has 5 heteroatoms. The van der Waals surface area contributed by atoms with Gasteiger partial charge >= 0.3 is 0 Å². The predicted molar refractivity (Wildman–Crippen MR) is 91.6 cm³/mol. The zero-order valence-corrected chi connectivity index (χ0v) is 13.8. The van der Waals surface area contributed by atoms with Crippen molar-refractivity contribution in [3.63, 3.8) is 0 Å². The molecule has 1 aromatic heterocycles. The minimum Gasteiger partial charge on any atom is -0.493 e. The molecule has 24 heavy (non-hydrogen) atoms. The fourth-order valence-electron chi connectivity index (χ4n) is 2.59. The second kappa shape index (κ2) is 6.47. The summed E-state index contributed by atoms with van der Waals surface area (Å²) in [6.45, 7) is 2.02. The Bertz CT molecular complexity index is 923. The Hall–Kier alpha value is -3.26. The molecule has 0 unspecified atom stereocenters. The third-order valence-electron chi connectivity index (χ3n) is 3.75. The van der Waals surface area contributed by atoms with Gasteiger partial charge in [-0.05, 0) is 42.8 Å². The molecular weight excluding hydrogens is 302 g/mol. The van der Waals surface area contributed by atoms with E-state index in [4.69, 9.17) is 9.47 Å². The Kier molecular flexibility index (Phi) is 4.21. The molecule has 0 saturated carbocycles. The van der Waals surface area contributed by atoms with Gasteiger partial charge in [-0.3, -0.25) is 0 Å². The number of aryl methyl sites for hydroxylation is 1. The minimum atomic E-state index is 0.362. The molecule has 0 bridgehead atoms. The van der Waals surface area contributed by atoms with Crippen LogP contribution in [-0.4, -0.2) is 24.0 Å². The lowest BCUT2D eigenvalue weighted by Crippen LogP contribution is -2.00. The molecule has 0 aliphatic carbocycles. The highest BCUT2D eigenvalue weighted by atomic mass is 16.5. The number of nitriles is 1.